The Bertz CT molecular complexity index is 1520. The van der Waals surface area contributed by atoms with E-state index in [1.165, 1.54) is 6.33 Å². The number of fused-ring (bicyclic) bond motifs is 1. The van der Waals surface area contributed by atoms with E-state index >= 15 is 0 Å². The predicted molar refractivity (Wildman–Crippen MR) is 132 cm³/mol. The summed E-state index contributed by atoms with van der Waals surface area (Å²) in [6.07, 6.45) is 3.27. The Morgan fingerprint density at radius 2 is 1.85 bits per heavy atom. The van der Waals surface area contributed by atoms with E-state index < -0.39 is 0 Å². The van der Waals surface area contributed by atoms with Crippen molar-refractivity contribution in [2.24, 2.45) is 7.05 Å². The number of pyridine rings is 1. The molecule has 0 spiro atoms. The maximum Gasteiger partial charge on any atom is 0.258 e. The van der Waals surface area contributed by atoms with Crippen molar-refractivity contribution in [2.75, 3.05) is 5.32 Å². The largest absolute Gasteiger partial charge is 0.289 e. The van der Waals surface area contributed by atoms with E-state index in [9.17, 15) is 4.79 Å². The molecular formula is C24H19Cl2N7O. The summed E-state index contributed by atoms with van der Waals surface area (Å²) in [6, 6.07) is 14.6. The summed E-state index contributed by atoms with van der Waals surface area (Å²) >= 11 is 12.5. The van der Waals surface area contributed by atoms with E-state index in [2.05, 4.69) is 20.5 Å². The molecule has 0 aliphatic carbocycles. The van der Waals surface area contributed by atoms with Gasteiger partial charge in [-0.15, -0.1) is 5.10 Å². The molecule has 0 aliphatic heterocycles. The van der Waals surface area contributed by atoms with Crippen molar-refractivity contribution in [1.82, 2.24) is 29.5 Å². The van der Waals surface area contributed by atoms with Crippen molar-refractivity contribution >= 4 is 46.0 Å². The molecule has 0 unspecified atom stereocenters. The Hall–Kier alpha value is -3.75. The lowest BCUT2D eigenvalue weighted by atomic mass is 10.0. The Labute approximate surface area is 205 Å². The first-order valence-electron chi connectivity index (χ1n) is 10.4. The van der Waals surface area contributed by atoms with Crippen LogP contribution in [0.25, 0.3) is 22.2 Å². The fourth-order valence-electron chi connectivity index (χ4n) is 3.69. The smallest absolute Gasteiger partial charge is 0.258 e. The standard InChI is InChI=1S/C24H19Cl2N7O/c1-14-17(11-28-32(14)2)22-10-16(15-6-3-4-9-21(15)29-22)23(34)30-24-27-13-33(31-24)12-18-19(25)7-5-8-20(18)26/h3-11,13H,12H2,1-2H3,(H,30,31,34). The van der Waals surface area contributed by atoms with Crippen molar-refractivity contribution in [3.8, 4) is 11.3 Å². The maximum atomic E-state index is 13.3. The molecule has 170 valence electrons. The molecule has 10 heteroatoms. The van der Waals surface area contributed by atoms with Gasteiger partial charge in [-0.3, -0.25) is 14.8 Å². The summed E-state index contributed by atoms with van der Waals surface area (Å²) in [5.74, 6) is -0.164. The van der Waals surface area contributed by atoms with Gasteiger partial charge in [0.25, 0.3) is 5.91 Å². The van der Waals surface area contributed by atoms with Crippen LogP contribution in [-0.2, 0) is 13.6 Å². The number of halogens is 2. The number of nitrogens with one attached hydrogen (secondary N) is 1. The fraction of sp³-hybridized carbons (Fsp3) is 0.125. The number of hydrogen-bond donors (Lipinski definition) is 1. The molecule has 34 heavy (non-hydrogen) atoms. The second-order valence-corrected chi connectivity index (χ2v) is 8.57. The van der Waals surface area contributed by atoms with Crippen LogP contribution in [0.5, 0.6) is 0 Å². The zero-order valence-electron chi connectivity index (χ0n) is 18.3. The number of aromatic nitrogens is 6. The topological polar surface area (TPSA) is 90.5 Å². The summed E-state index contributed by atoms with van der Waals surface area (Å²) in [5, 5.41) is 13.2. The van der Waals surface area contributed by atoms with Gasteiger partial charge >= 0.3 is 0 Å². The van der Waals surface area contributed by atoms with Gasteiger partial charge in [0.1, 0.15) is 6.33 Å². The van der Waals surface area contributed by atoms with Gasteiger partial charge in [0, 0.05) is 39.3 Å². The third-order valence-electron chi connectivity index (χ3n) is 5.62. The highest BCUT2D eigenvalue weighted by Crippen LogP contribution is 2.28. The number of benzene rings is 2. The summed E-state index contributed by atoms with van der Waals surface area (Å²) in [7, 11) is 1.87. The minimum absolute atomic E-state index is 0.174. The highest BCUT2D eigenvalue weighted by Gasteiger charge is 2.18. The van der Waals surface area contributed by atoms with E-state index in [1.807, 2.05) is 38.2 Å². The lowest BCUT2D eigenvalue weighted by Crippen LogP contribution is -2.14. The van der Waals surface area contributed by atoms with Crippen LogP contribution in [0.1, 0.15) is 21.6 Å². The summed E-state index contributed by atoms with van der Waals surface area (Å²) < 4.78 is 3.34. The SMILES string of the molecule is Cc1c(-c2cc(C(=O)Nc3ncn(Cc4c(Cl)cccc4Cl)n3)c3ccccc3n2)cnn1C. The zero-order chi connectivity index (χ0) is 23.8. The van der Waals surface area contributed by atoms with E-state index in [4.69, 9.17) is 28.2 Å². The first-order chi connectivity index (χ1) is 16.4. The predicted octanol–water partition coefficient (Wildman–Crippen LogP) is 5.14. The van der Waals surface area contributed by atoms with Crippen molar-refractivity contribution in [3.05, 3.63) is 87.9 Å². The van der Waals surface area contributed by atoms with Gasteiger partial charge < -0.3 is 0 Å². The van der Waals surface area contributed by atoms with Crippen LogP contribution in [0.15, 0.2) is 61.1 Å². The van der Waals surface area contributed by atoms with Crippen LogP contribution >= 0.6 is 23.2 Å². The fourth-order valence-corrected chi connectivity index (χ4v) is 4.21. The molecule has 3 aromatic heterocycles. The van der Waals surface area contributed by atoms with Crippen LogP contribution in [-0.4, -0.2) is 35.4 Å². The third-order valence-corrected chi connectivity index (χ3v) is 6.32. The van der Waals surface area contributed by atoms with Crippen molar-refractivity contribution < 1.29 is 4.79 Å². The minimum Gasteiger partial charge on any atom is -0.289 e. The quantitative estimate of drug-likeness (QED) is 0.367. The van der Waals surface area contributed by atoms with Gasteiger partial charge in [0.05, 0.1) is 29.5 Å². The van der Waals surface area contributed by atoms with Gasteiger partial charge in [0.15, 0.2) is 0 Å². The van der Waals surface area contributed by atoms with Gasteiger partial charge in [-0.05, 0) is 31.2 Å². The van der Waals surface area contributed by atoms with Crippen molar-refractivity contribution in [2.45, 2.75) is 13.5 Å². The second kappa shape index (κ2) is 8.89. The van der Waals surface area contributed by atoms with E-state index in [0.717, 1.165) is 22.2 Å². The summed E-state index contributed by atoms with van der Waals surface area (Å²) in [6.45, 7) is 2.28. The number of carbonyl (C=O) groups is 1. The molecule has 5 aromatic rings. The van der Waals surface area contributed by atoms with Gasteiger partial charge in [-0.2, -0.15) is 5.10 Å². The molecule has 0 aliphatic rings. The summed E-state index contributed by atoms with van der Waals surface area (Å²) in [5.41, 5.74) is 4.38. The zero-order valence-corrected chi connectivity index (χ0v) is 19.8. The number of rotatable bonds is 5. The summed E-state index contributed by atoms with van der Waals surface area (Å²) in [4.78, 5) is 22.2. The molecule has 0 saturated carbocycles. The number of carbonyl (C=O) groups excluding carboxylic acids is 1. The molecule has 3 heterocycles. The Morgan fingerprint density at radius 3 is 2.59 bits per heavy atom. The van der Waals surface area contributed by atoms with Gasteiger partial charge in [-0.1, -0.05) is 47.5 Å². The minimum atomic E-state index is -0.338. The molecule has 0 fully saturated rings. The lowest BCUT2D eigenvalue weighted by molar-refractivity contribution is 0.102. The van der Waals surface area contributed by atoms with E-state index in [0.29, 0.717) is 33.4 Å². The molecule has 0 radical (unpaired) electrons. The number of anilines is 1. The molecule has 0 bridgehead atoms. The Morgan fingerprint density at radius 1 is 1.09 bits per heavy atom. The maximum absolute atomic E-state index is 13.3. The average Bonchev–Trinajstić information content (AvgIpc) is 3.41. The monoisotopic (exact) mass is 491 g/mol. The van der Waals surface area contributed by atoms with Crippen LogP contribution in [0, 0.1) is 6.92 Å². The van der Waals surface area contributed by atoms with E-state index in [-0.39, 0.29) is 11.9 Å². The third kappa shape index (κ3) is 4.13. The van der Waals surface area contributed by atoms with Crippen LogP contribution in [0.4, 0.5) is 5.95 Å². The molecule has 1 amide bonds. The Kier molecular flexibility index (Phi) is 5.77. The number of amides is 1. The van der Waals surface area contributed by atoms with Crippen LogP contribution < -0.4 is 5.32 Å². The molecular weight excluding hydrogens is 473 g/mol. The number of aryl methyl sites for hydroxylation is 1. The van der Waals surface area contributed by atoms with E-state index in [1.54, 1.807) is 39.8 Å². The molecule has 5 rings (SSSR count). The normalized spacial score (nSPS) is 11.2. The highest BCUT2D eigenvalue weighted by atomic mass is 35.5. The first-order valence-corrected chi connectivity index (χ1v) is 11.2. The van der Waals surface area contributed by atoms with Crippen LogP contribution in [0.3, 0.4) is 0 Å². The van der Waals surface area contributed by atoms with Gasteiger partial charge in [-0.25, -0.2) is 14.6 Å². The first kappa shape index (κ1) is 22.1. The Balaban J connectivity index is 1.46. The van der Waals surface area contributed by atoms with Crippen LogP contribution in [0.2, 0.25) is 10.0 Å². The second-order valence-electron chi connectivity index (χ2n) is 7.76. The lowest BCUT2D eigenvalue weighted by Gasteiger charge is -2.09. The van der Waals surface area contributed by atoms with Crippen molar-refractivity contribution in [3.63, 3.8) is 0 Å². The molecule has 2 aromatic carbocycles. The molecule has 1 N–H and O–H groups in total. The average molecular weight is 492 g/mol. The number of hydrogen-bond acceptors (Lipinski definition) is 5. The highest BCUT2D eigenvalue weighted by molar-refractivity contribution is 6.36. The van der Waals surface area contributed by atoms with Gasteiger partial charge in [0.2, 0.25) is 5.95 Å². The molecule has 8 nitrogen and oxygen atoms in total. The molecule has 0 saturated heterocycles. The molecule has 0 atom stereocenters. The number of nitrogens with zero attached hydrogens (tertiary/aromatic N) is 6. The number of para-hydroxylation sites is 1. The van der Waals surface area contributed by atoms with Crippen molar-refractivity contribution in [1.29, 1.82) is 0 Å².